The van der Waals surface area contributed by atoms with Crippen LogP contribution in [-0.2, 0) is 16.1 Å². The summed E-state index contributed by atoms with van der Waals surface area (Å²) in [6, 6.07) is 5.14. The largest absolute Gasteiger partial charge is 0.480 e. The van der Waals surface area contributed by atoms with Crippen LogP contribution >= 0.6 is 0 Å². The number of nitrogens with zero attached hydrogens (tertiary/aromatic N) is 1. The van der Waals surface area contributed by atoms with Gasteiger partial charge in [0.25, 0.3) is 0 Å². The van der Waals surface area contributed by atoms with Crippen LogP contribution in [-0.4, -0.2) is 34.7 Å². The number of rotatable bonds is 3. The van der Waals surface area contributed by atoms with Crippen LogP contribution < -0.4 is 0 Å². The zero-order valence-electron chi connectivity index (χ0n) is 10.2. The van der Waals surface area contributed by atoms with Crippen molar-refractivity contribution >= 4 is 12.1 Å². The van der Waals surface area contributed by atoms with E-state index in [9.17, 15) is 14.0 Å². The Bertz CT molecular complexity index is 491. The fraction of sp³-hybridized carbons (Fsp3) is 0.385. The first-order chi connectivity index (χ1) is 9.09. The van der Waals surface area contributed by atoms with Crippen molar-refractivity contribution in [1.82, 2.24) is 4.90 Å². The third kappa shape index (κ3) is 3.01. The number of ether oxygens (including phenoxy) is 1. The molecule has 2 rings (SSSR count). The van der Waals surface area contributed by atoms with Gasteiger partial charge in [0, 0.05) is 12.1 Å². The van der Waals surface area contributed by atoms with E-state index in [0.717, 1.165) is 0 Å². The molecule has 1 aliphatic rings. The van der Waals surface area contributed by atoms with E-state index < -0.39 is 23.9 Å². The van der Waals surface area contributed by atoms with E-state index in [2.05, 4.69) is 0 Å². The molecule has 1 aromatic rings. The van der Waals surface area contributed by atoms with E-state index in [-0.39, 0.29) is 12.2 Å². The molecule has 0 bridgehead atoms. The zero-order chi connectivity index (χ0) is 13.8. The van der Waals surface area contributed by atoms with Gasteiger partial charge in [0.2, 0.25) is 0 Å². The number of hydrogen-bond donors (Lipinski definition) is 1. The molecular weight excluding hydrogens is 253 g/mol. The maximum atomic E-state index is 13.3. The third-order valence-corrected chi connectivity index (χ3v) is 3.08. The Labute approximate surface area is 109 Å². The molecule has 0 spiro atoms. The van der Waals surface area contributed by atoms with Crippen LogP contribution in [0.4, 0.5) is 9.18 Å². The number of carbonyl (C=O) groups is 2. The lowest BCUT2D eigenvalue weighted by Gasteiger charge is -2.20. The van der Waals surface area contributed by atoms with Gasteiger partial charge in [-0.15, -0.1) is 0 Å². The van der Waals surface area contributed by atoms with E-state index in [4.69, 9.17) is 9.84 Å². The number of halogens is 1. The molecular formula is C13H14FNO4. The molecule has 102 valence electrons. The summed E-state index contributed by atoms with van der Waals surface area (Å²) >= 11 is 0. The minimum Gasteiger partial charge on any atom is -0.480 e. The lowest BCUT2D eigenvalue weighted by molar-refractivity contribution is -0.141. The summed E-state index contributed by atoms with van der Waals surface area (Å²) in [5, 5.41) is 8.95. The normalized spacial score (nSPS) is 18.4. The van der Waals surface area contributed by atoms with Crippen molar-refractivity contribution in [2.24, 2.45) is 0 Å². The fourth-order valence-electron chi connectivity index (χ4n) is 2.08. The molecule has 5 nitrogen and oxygen atoms in total. The highest BCUT2D eigenvalue weighted by Crippen LogP contribution is 2.19. The molecule has 0 radical (unpaired) electrons. The van der Waals surface area contributed by atoms with Gasteiger partial charge in [-0.1, -0.05) is 18.2 Å². The number of carboxylic acids is 1. The van der Waals surface area contributed by atoms with Crippen molar-refractivity contribution in [3.8, 4) is 0 Å². The zero-order valence-corrected chi connectivity index (χ0v) is 10.2. The SMILES string of the molecule is O=C(O)C1CCCN1C(=O)OCc1ccccc1F. The third-order valence-electron chi connectivity index (χ3n) is 3.08. The standard InChI is InChI=1S/C13H14FNO4/c14-10-5-2-1-4-9(10)8-19-13(18)15-7-3-6-11(15)12(16)17/h1-2,4-5,11H,3,6-8H2,(H,16,17). The molecule has 0 aliphatic carbocycles. The smallest absolute Gasteiger partial charge is 0.410 e. The predicted molar refractivity (Wildman–Crippen MR) is 63.9 cm³/mol. The van der Waals surface area contributed by atoms with Crippen LogP contribution in [0.2, 0.25) is 0 Å². The van der Waals surface area contributed by atoms with E-state index in [1.165, 1.54) is 17.0 Å². The quantitative estimate of drug-likeness (QED) is 0.909. The van der Waals surface area contributed by atoms with Crippen LogP contribution in [0, 0.1) is 5.82 Å². The van der Waals surface area contributed by atoms with E-state index in [0.29, 0.717) is 19.4 Å². The van der Waals surface area contributed by atoms with E-state index in [1.807, 2.05) is 0 Å². The molecule has 19 heavy (non-hydrogen) atoms. The number of likely N-dealkylation sites (tertiary alicyclic amines) is 1. The second-order valence-electron chi connectivity index (χ2n) is 4.34. The average Bonchev–Trinajstić information content (AvgIpc) is 2.87. The Kier molecular flexibility index (Phi) is 3.99. The molecule has 0 saturated carbocycles. The van der Waals surface area contributed by atoms with Gasteiger partial charge in [0.05, 0.1) is 0 Å². The Morgan fingerprint density at radius 3 is 2.84 bits per heavy atom. The maximum Gasteiger partial charge on any atom is 0.410 e. The summed E-state index contributed by atoms with van der Waals surface area (Å²) in [6.07, 6.45) is 0.337. The lowest BCUT2D eigenvalue weighted by atomic mass is 10.2. The van der Waals surface area contributed by atoms with Gasteiger partial charge in [0.15, 0.2) is 0 Å². The van der Waals surface area contributed by atoms with Crippen LogP contribution in [0.5, 0.6) is 0 Å². The molecule has 1 atom stereocenters. The van der Waals surface area contributed by atoms with Gasteiger partial charge in [-0.3, -0.25) is 4.90 Å². The number of benzene rings is 1. The molecule has 0 aromatic heterocycles. The first-order valence-corrected chi connectivity index (χ1v) is 5.99. The summed E-state index contributed by atoms with van der Waals surface area (Å²) < 4.78 is 18.3. The first kappa shape index (κ1) is 13.3. The average molecular weight is 267 g/mol. The van der Waals surface area contributed by atoms with Crippen LogP contribution in [0.3, 0.4) is 0 Å². The van der Waals surface area contributed by atoms with Crippen LogP contribution in [0.15, 0.2) is 24.3 Å². The summed E-state index contributed by atoms with van der Waals surface area (Å²) in [5.74, 6) is -1.49. The first-order valence-electron chi connectivity index (χ1n) is 5.99. The molecule has 1 aromatic carbocycles. The minimum atomic E-state index is -1.04. The van der Waals surface area contributed by atoms with Gasteiger partial charge >= 0.3 is 12.1 Å². The van der Waals surface area contributed by atoms with Crippen molar-refractivity contribution in [2.45, 2.75) is 25.5 Å². The van der Waals surface area contributed by atoms with E-state index >= 15 is 0 Å². The van der Waals surface area contributed by atoms with Crippen LogP contribution in [0.1, 0.15) is 18.4 Å². The van der Waals surface area contributed by atoms with Crippen molar-refractivity contribution < 1.29 is 23.8 Å². The topological polar surface area (TPSA) is 66.8 Å². The summed E-state index contributed by atoms with van der Waals surface area (Å²) in [5.41, 5.74) is 0.266. The second kappa shape index (κ2) is 5.69. The summed E-state index contributed by atoms with van der Waals surface area (Å²) in [6.45, 7) is 0.154. The van der Waals surface area contributed by atoms with Gasteiger partial charge in [-0.2, -0.15) is 0 Å². The number of carbonyl (C=O) groups excluding carboxylic acids is 1. The fourth-order valence-corrected chi connectivity index (χ4v) is 2.08. The number of hydrogen-bond acceptors (Lipinski definition) is 3. The van der Waals surface area contributed by atoms with Crippen molar-refractivity contribution in [2.75, 3.05) is 6.54 Å². The monoisotopic (exact) mass is 267 g/mol. The van der Waals surface area contributed by atoms with Crippen LogP contribution in [0.25, 0.3) is 0 Å². The summed E-state index contributed by atoms with van der Waals surface area (Å²) in [7, 11) is 0. The number of carboxylic acid groups (broad SMARTS) is 1. The van der Waals surface area contributed by atoms with Gasteiger partial charge in [0.1, 0.15) is 18.5 Å². The van der Waals surface area contributed by atoms with Gasteiger partial charge in [-0.25, -0.2) is 14.0 Å². The van der Waals surface area contributed by atoms with Crippen molar-refractivity contribution in [3.63, 3.8) is 0 Å². The highest BCUT2D eigenvalue weighted by molar-refractivity contribution is 5.80. The Morgan fingerprint density at radius 2 is 2.16 bits per heavy atom. The molecule has 1 unspecified atom stereocenters. The Morgan fingerprint density at radius 1 is 1.42 bits per heavy atom. The highest BCUT2D eigenvalue weighted by Gasteiger charge is 2.34. The van der Waals surface area contributed by atoms with E-state index in [1.54, 1.807) is 12.1 Å². The molecule has 1 N–H and O–H groups in total. The maximum absolute atomic E-state index is 13.3. The Balaban J connectivity index is 1.95. The Hall–Kier alpha value is -2.11. The number of amides is 1. The molecule has 1 fully saturated rings. The number of aliphatic carboxylic acids is 1. The molecule has 6 heteroatoms. The summed E-state index contributed by atoms with van der Waals surface area (Å²) in [4.78, 5) is 23.9. The van der Waals surface area contributed by atoms with Gasteiger partial charge in [-0.05, 0) is 18.9 Å². The van der Waals surface area contributed by atoms with Crippen molar-refractivity contribution in [3.05, 3.63) is 35.6 Å². The predicted octanol–water partition coefficient (Wildman–Crippen LogP) is 2.01. The molecule has 1 saturated heterocycles. The molecule has 1 amide bonds. The van der Waals surface area contributed by atoms with Crippen molar-refractivity contribution in [1.29, 1.82) is 0 Å². The highest BCUT2D eigenvalue weighted by atomic mass is 19.1. The minimum absolute atomic E-state index is 0.200. The molecule has 1 heterocycles. The van der Waals surface area contributed by atoms with Gasteiger partial charge < -0.3 is 9.84 Å². The second-order valence-corrected chi connectivity index (χ2v) is 4.34. The molecule has 1 aliphatic heterocycles. The lowest BCUT2D eigenvalue weighted by Crippen LogP contribution is -2.40.